The zero-order valence-electron chi connectivity index (χ0n) is 17.8. The number of anilines is 2. The number of hydrogen-bond acceptors (Lipinski definition) is 6. The summed E-state index contributed by atoms with van der Waals surface area (Å²) in [6.07, 6.45) is 4.08. The van der Waals surface area contributed by atoms with E-state index < -0.39 is 6.10 Å². The van der Waals surface area contributed by atoms with Crippen LogP contribution >= 0.6 is 0 Å². The fourth-order valence-electron chi connectivity index (χ4n) is 4.55. The average molecular weight is 396 g/mol. The van der Waals surface area contributed by atoms with Crippen molar-refractivity contribution in [2.24, 2.45) is 0 Å². The van der Waals surface area contributed by atoms with Gasteiger partial charge in [-0.2, -0.15) is 0 Å². The minimum Gasteiger partial charge on any atom is -0.387 e. The van der Waals surface area contributed by atoms with E-state index in [1.807, 2.05) is 0 Å². The van der Waals surface area contributed by atoms with Crippen LogP contribution in [0, 0.1) is 0 Å². The molecule has 0 radical (unpaired) electrons. The summed E-state index contributed by atoms with van der Waals surface area (Å²) in [6.45, 7) is 10.2. The van der Waals surface area contributed by atoms with Crippen molar-refractivity contribution in [3.8, 4) is 0 Å². The molecule has 29 heavy (non-hydrogen) atoms. The third-order valence-corrected chi connectivity index (χ3v) is 6.06. The van der Waals surface area contributed by atoms with Gasteiger partial charge in [0.05, 0.1) is 11.8 Å². The number of fused-ring (bicyclic) bond motifs is 2. The standard InChI is InChI=1S/C23H33N5O/c1-15(2)25-12-17-7-6-8-19-18(17)13-24-9-4-5-10-28(19)23-21-16(3)11-20(29)22(21)26-14-27-23/h6-8,14-16,20,24-25,29H,4-5,9-13H2,1-3H3/t16-,20-/m1/s1. The molecule has 0 unspecified atom stereocenters. The molecule has 1 aliphatic carbocycles. The molecule has 4 rings (SSSR count). The highest BCUT2D eigenvalue weighted by Gasteiger charge is 2.33. The zero-order chi connectivity index (χ0) is 20.4. The van der Waals surface area contributed by atoms with Crippen LogP contribution in [0.4, 0.5) is 11.5 Å². The second-order valence-electron chi connectivity index (χ2n) is 8.63. The average Bonchev–Trinajstić information content (AvgIpc) is 3.05. The van der Waals surface area contributed by atoms with Crippen LogP contribution < -0.4 is 15.5 Å². The molecule has 2 atom stereocenters. The molecule has 1 aliphatic heterocycles. The highest BCUT2D eigenvalue weighted by Crippen LogP contribution is 2.44. The predicted octanol–water partition coefficient (Wildman–Crippen LogP) is 3.54. The quantitative estimate of drug-likeness (QED) is 0.735. The number of nitrogens with one attached hydrogen (secondary N) is 2. The molecular weight excluding hydrogens is 362 g/mol. The third kappa shape index (κ3) is 4.15. The van der Waals surface area contributed by atoms with E-state index in [0.717, 1.165) is 62.5 Å². The Bertz CT molecular complexity index is 853. The number of aliphatic hydroxyl groups is 1. The molecule has 6 heteroatoms. The first-order valence-corrected chi connectivity index (χ1v) is 10.9. The molecular formula is C23H33N5O. The zero-order valence-corrected chi connectivity index (χ0v) is 17.8. The summed E-state index contributed by atoms with van der Waals surface area (Å²) in [7, 11) is 0. The first kappa shape index (κ1) is 20.3. The van der Waals surface area contributed by atoms with Gasteiger partial charge in [0, 0.05) is 36.9 Å². The Morgan fingerprint density at radius 3 is 2.97 bits per heavy atom. The van der Waals surface area contributed by atoms with Crippen LogP contribution in [0.25, 0.3) is 0 Å². The maximum absolute atomic E-state index is 10.5. The Morgan fingerprint density at radius 1 is 1.28 bits per heavy atom. The molecule has 3 N–H and O–H groups in total. The van der Waals surface area contributed by atoms with Crippen LogP contribution in [0.5, 0.6) is 0 Å². The topological polar surface area (TPSA) is 73.3 Å². The molecule has 0 saturated heterocycles. The van der Waals surface area contributed by atoms with E-state index in [9.17, 15) is 5.11 Å². The van der Waals surface area contributed by atoms with E-state index in [1.54, 1.807) is 6.33 Å². The number of rotatable bonds is 4. The summed E-state index contributed by atoms with van der Waals surface area (Å²) in [5, 5.41) is 17.6. The number of benzene rings is 1. The van der Waals surface area contributed by atoms with Crippen LogP contribution in [0.2, 0.25) is 0 Å². The number of aromatic nitrogens is 2. The highest BCUT2D eigenvalue weighted by atomic mass is 16.3. The van der Waals surface area contributed by atoms with E-state index in [4.69, 9.17) is 4.98 Å². The summed E-state index contributed by atoms with van der Waals surface area (Å²) in [6, 6.07) is 7.04. The summed E-state index contributed by atoms with van der Waals surface area (Å²) in [4.78, 5) is 11.5. The Balaban J connectivity index is 1.80. The molecule has 1 aromatic carbocycles. The van der Waals surface area contributed by atoms with Crippen molar-refractivity contribution in [1.82, 2.24) is 20.6 Å². The molecule has 2 aromatic rings. The van der Waals surface area contributed by atoms with Crippen molar-refractivity contribution in [3.05, 3.63) is 46.9 Å². The molecule has 2 heterocycles. The second kappa shape index (κ2) is 8.78. The molecule has 156 valence electrons. The predicted molar refractivity (Wildman–Crippen MR) is 116 cm³/mol. The normalized spacial score (nSPS) is 22.0. The molecule has 1 aromatic heterocycles. The van der Waals surface area contributed by atoms with Gasteiger partial charge in [-0.1, -0.05) is 32.9 Å². The third-order valence-electron chi connectivity index (χ3n) is 6.06. The van der Waals surface area contributed by atoms with Crippen LogP contribution in [0.15, 0.2) is 24.5 Å². The Hall–Kier alpha value is -2.02. The fourth-order valence-corrected chi connectivity index (χ4v) is 4.55. The van der Waals surface area contributed by atoms with Gasteiger partial charge in [0.1, 0.15) is 12.1 Å². The lowest BCUT2D eigenvalue weighted by Gasteiger charge is -2.29. The van der Waals surface area contributed by atoms with Crippen molar-refractivity contribution in [2.45, 2.75) is 71.2 Å². The van der Waals surface area contributed by atoms with Crippen molar-refractivity contribution in [3.63, 3.8) is 0 Å². The lowest BCUT2D eigenvalue weighted by molar-refractivity contribution is 0.170. The van der Waals surface area contributed by atoms with Gasteiger partial charge in [0.15, 0.2) is 0 Å². The number of hydrogen-bond donors (Lipinski definition) is 3. The molecule has 0 fully saturated rings. The summed E-state index contributed by atoms with van der Waals surface area (Å²) in [5.74, 6) is 1.23. The van der Waals surface area contributed by atoms with E-state index in [1.165, 1.54) is 16.8 Å². The Morgan fingerprint density at radius 2 is 2.14 bits per heavy atom. The molecule has 0 saturated carbocycles. The summed E-state index contributed by atoms with van der Waals surface area (Å²) < 4.78 is 0. The van der Waals surface area contributed by atoms with Crippen LogP contribution in [-0.2, 0) is 13.1 Å². The fraction of sp³-hybridized carbons (Fsp3) is 0.565. The van der Waals surface area contributed by atoms with Gasteiger partial charge >= 0.3 is 0 Å². The van der Waals surface area contributed by atoms with Crippen LogP contribution in [0.1, 0.15) is 74.4 Å². The van der Waals surface area contributed by atoms with Gasteiger partial charge in [-0.3, -0.25) is 0 Å². The van der Waals surface area contributed by atoms with Crippen molar-refractivity contribution < 1.29 is 5.11 Å². The van der Waals surface area contributed by atoms with E-state index in [2.05, 4.69) is 59.5 Å². The minimum atomic E-state index is -0.484. The van der Waals surface area contributed by atoms with E-state index in [0.29, 0.717) is 6.04 Å². The molecule has 0 spiro atoms. The van der Waals surface area contributed by atoms with Crippen molar-refractivity contribution >= 4 is 11.5 Å². The Labute approximate surface area is 173 Å². The molecule has 0 bridgehead atoms. The monoisotopic (exact) mass is 395 g/mol. The van der Waals surface area contributed by atoms with Gasteiger partial charge in [-0.05, 0) is 48.9 Å². The highest BCUT2D eigenvalue weighted by molar-refractivity contribution is 5.69. The lowest BCUT2D eigenvalue weighted by atomic mass is 10.0. The number of aliphatic hydroxyl groups excluding tert-OH is 1. The molecule has 0 amide bonds. The van der Waals surface area contributed by atoms with Gasteiger partial charge < -0.3 is 20.6 Å². The largest absolute Gasteiger partial charge is 0.387 e. The van der Waals surface area contributed by atoms with E-state index >= 15 is 0 Å². The minimum absolute atomic E-state index is 0.260. The maximum atomic E-state index is 10.5. The van der Waals surface area contributed by atoms with Gasteiger partial charge in [0.25, 0.3) is 0 Å². The smallest absolute Gasteiger partial charge is 0.140 e. The second-order valence-corrected chi connectivity index (χ2v) is 8.63. The van der Waals surface area contributed by atoms with Crippen molar-refractivity contribution in [2.75, 3.05) is 18.0 Å². The van der Waals surface area contributed by atoms with Crippen molar-refractivity contribution in [1.29, 1.82) is 0 Å². The first-order valence-electron chi connectivity index (χ1n) is 10.9. The van der Waals surface area contributed by atoms with Gasteiger partial charge in [-0.25, -0.2) is 9.97 Å². The first-order chi connectivity index (χ1) is 14.1. The van der Waals surface area contributed by atoms with E-state index in [-0.39, 0.29) is 5.92 Å². The maximum Gasteiger partial charge on any atom is 0.140 e. The number of nitrogens with zero attached hydrogens (tertiary/aromatic N) is 3. The molecule has 2 aliphatic rings. The SMILES string of the molecule is CC(C)NCc1cccc2c1CNCCCCN2c1ncnc2c1[C@H](C)C[C@H]2O. The van der Waals surface area contributed by atoms with Crippen LogP contribution in [0.3, 0.4) is 0 Å². The molecule has 6 nitrogen and oxygen atoms in total. The van der Waals surface area contributed by atoms with Crippen LogP contribution in [-0.4, -0.2) is 34.2 Å². The van der Waals surface area contributed by atoms with Gasteiger partial charge in [-0.15, -0.1) is 0 Å². The summed E-state index contributed by atoms with van der Waals surface area (Å²) >= 11 is 0. The van der Waals surface area contributed by atoms with Gasteiger partial charge in [0.2, 0.25) is 0 Å². The lowest BCUT2D eigenvalue weighted by Crippen LogP contribution is -2.26. The Kier molecular flexibility index (Phi) is 6.13. The summed E-state index contributed by atoms with van der Waals surface area (Å²) in [5.41, 5.74) is 5.80.